The number of amides is 2. The minimum Gasteiger partial charge on any atom is -0.339 e. The smallest absolute Gasteiger partial charge is 0.255 e. The number of hydrogen-bond donors (Lipinski definition) is 0. The van der Waals surface area contributed by atoms with Crippen molar-refractivity contribution < 1.29 is 9.59 Å². The van der Waals surface area contributed by atoms with Crippen LogP contribution in [0.3, 0.4) is 0 Å². The Bertz CT molecular complexity index is 1190. The molecule has 0 spiro atoms. The van der Waals surface area contributed by atoms with Crippen LogP contribution in [0.4, 0.5) is 0 Å². The van der Waals surface area contributed by atoms with Crippen molar-refractivity contribution >= 4 is 23.4 Å². The van der Waals surface area contributed by atoms with Gasteiger partial charge in [-0.3, -0.25) is 9.59 Å². The summed E-state index contributed by atoms with van der Waals surface area (Å²) in [4.78, 5) is 30.0. The van der Waals surface area contributed by atoms with Crippen molar-refractivity contribution in [3.05, 3.63) is 76.4 Å². The Balaban J connectivity index is 1.60. The Morgan fingerprint density at radius 1 is 0.886 bits per heavy atom. The Kier molecular flexibility index (Phi) is 7.97. The number of carbonyl (C=O) groups excluding carboxylic acids is 2. The number of aromatic nitrogens is 1. The molecule has 3 aromatic rings. The number of rotatable bonds is 7. The molecule has 1 saturated heterocycles. The van der Waals surface area contributed by atoms with Gasteiger partial charge in [0, 0.05) is 49.0 Å². The highest BCUT2D eigenvalue weighted by molar-refractivity contribution is 6.30. The number of carbonyl (C=O) groups is 2. The third kappa shape index (κ3) is 5.46. The monoisotopic (exact) mass is 491 g/mol. The lowest BCUT2D eigenvalue weighted by atomic mass is 10.1. The lowest BCUT2D eigenvalue weighted by Gasteiger charge is -2.35. The van der Waals surface area contributed by atoms with Crippen LogP contribution in [0, 0.1) is 13.8 Å². The first-order chi connectivity index (χ1) is 16.9. The van der Waals surface area contributed by atoms with E-state index in [-0.39, 0.29) is 11.8 Å². The van der Waals surface area contributed by atoms with Crippen molar-refractivity contribution in [3.63, 3.8) is 0 Å². The van der Waals surface area contributed by atoms with Crippen LogP contribution in [-0.4, -0.2) is 52.4 Å². The molecule has 0 aliphatic carbocycles. The molecule has 1 aliphatic rings. The molecule has 1 fully saturated rings. The maximum absolute atomic E-state index is 13.7. The van der Waals surface area contributed by atoms with Gasteiger partial charge in [0.1, 0.15) is 0 Å². The lowest BCUT2D eigenvalue weighted by Crippen LogP contribution is -2.50. The Hall–Kier alpha value is -3.05. The van der Waals surface area contributed by atoms with E-state index in [1.165, 1.54) is 0 Å². The number of piperazine rings is 1. The molecule has 4 rings (SSSR count). The van der Waals surface area contributed by atoms with Crippen LogP contribution in [0.15, 0.2) is 54.6 Å². The quantitative estimate of drug-likeness (QED) is 0.365. The highest BCUT2D eigenvalue weighted by atomic mass is 35.5. The molecule has 1 aromatic heterocycles. The fraction of sp³-hybridized carbons (Fsp3) is 0.379. The minimum atomic E-state index is 0.0168. The molecule has 5 nitrogen and oxygen atoms in total. The van der Waals surface area contributed by atoms with E-state index in [2.05, 4.69) is 30.5 Å². The van der Waals surface area contributed by atoms with Crippen LogP contribution in [0.5, 0.6) is 0 Å². The summed E-state index contributed by atoms with van der Waals surface area (Å²) in [6.45, 7) is 8.54. The van der Waals surface area contributed by atoms with Gasteiger partial charge in [-0.25, -0.2) is 0 Å². The number of unbranched alkanes of at least 4 members (excludes halogenated alkanes) is 2. The number of benzene rings is 2. The predicted octanol–water partition coefficient (Wildman–Crippen LogP) is 6.28. The number of hydrogen-bond acceptors (Lipinski definition) is 2. The van der Waals surface area contributed by atoms with Crippen molar-refractivity contribution in [1.82, 2.24) is 14.4 Å². The standard InChI is InChI=1S/C29H34ClN3O2/c1-4-5-6-11-28(34)31-16-18-32(19-17-31)29(35)25-20-27(23-12-14-24(30)15-13-23)33(22(25)3)26-10-8-7-9-21(26)2/h7-10,12-15,20H,4-6,11,16-19H2,1-3H3. The molecule has 2 heterocycles. The molecule has 2 aromatic carbocycles. The van der Waals surface area contributed by atoms with Crippen LogP contribution in [-0.2, 0) is 4.79 Å². The molecule has 6 heteroatoms. The van der Waals surface area contributed by atoms with E-state index in [0.717, 1.165) is 47.5 Å². The van der Waals surface area contributed by atoms with Crippen LogP contribution in [0.1, 0.15) is 54.2 Å². The minimum absolute atomic E-state index is 0.0168. The molecule has 0 atom stereocenters. The molecular weight excluding hydrogens is 458 g/mol. The summed E-state index contributed by atoms with van der Waals surface area (Å²) in [5, 5.41) is 0.679. The van der Waals surface area contributed by atoms with Gasteiger partial charge in [0.2, 0.25) is 5.91 Å². The van der Waals surface area contributed by atoms with E-state index in [4.69, 9.17) is 11.6 Å². The van der Waals surface area contributed by atoms with Crippen LogP contribution >= 0.6 is 11.6 Å². The second-order valence-corrected chi connectivity index (χ2v) is 9.72. The molecule has 1 aliphatic heterocycles. The van der Waals surface area contributed by atoms with Crippen molar-refractivity contribution in [2.45, 2.75) is 46.5 Å². The van der Waals surface area contributed by atoms with Crippen molar-refractivity contribution in [2.75, 3.05) is 26.2 Å². The van der Waals surface area contributed by atoms with E-state index < -0.39 is 0 Å². The normalized spacial score (nSPS) is 13.8. The third-order valence-corrected chi connectivity index (χ3v) is 7.14. The van der Waals surface area contributed by atoms with Crippen LogP contribution in [0.25, 0.3) is 16.9 Å². The Morgan fingerprint density at radius 3 is 2.20 bits per heavy atom. The molecule has 0 N–H and O–H groups in total. The number of para-hydroxylation sites is 1. The first-order valence-corrected chi connectivity index (χ1v) is 12.9. The first kappa shape index (κ1) is 25.1. The molecule has 35 heavy (non-hydrogen) atoms. The van der Waals surface area contributed by atoms with Crippen LogP contribution < -0.4 is 0 Å². The number of halogens is 1. The molecule has 184 valence electrons. The second-order valence-electron chi connectivity index (χ2n) is 9.29. The number of aryl methyl sites for hydroxylation is 1. The van der Waals surface area contributed by atoms with Gasteiger partial charge >= 0.3 is 0 Å². The van der Waals surface area contributed by atoms with Gasteiger partial charge in [-0.05, 0) is 55.7 Å². The molecular formula is C29H34ClN3O2. The molecule has 0 unspecified atom stereocenters. The summed E-state index contributed by atoms with van der Waals surface area (Å²) in [5.41, 5.74) is 5.75. The Morgan fingerprint density at radius 2 is 1.54 bits per heavy atom. The maximum Gasteiger partial charge on any atom is 0.255 e. The van der Waals surface area contributed by atoms with Gasteiger partial charge in [-0.2, -0.15) is 0 Å². The zero-order valence-electron chi connectivity index (χ0n) is 20.9. The SMILES string of the molecule is CCCCCC(=O)N1CCN(C(=O)c2cc(-c3ccc(Cl)cc3)n(-c3ccccc3C)c2C)CC1. The zero-order valence-corrected chi connectivity index (χ0v) is 21.6. The largest absolute Gasteiger partial charge is 0.339 e. The van der Waals surface area contributed by atoms with Gasteiger partial charge in [0.25, 0.3) is 5.91 Å². The molecule has 0 bridgehead atoms. The maximum atomic E-state index is 13.7. The topological polar surface area (TPSA) is 45.6 Å². The van der Waals surface area contributed by atoms with E-state index in [1.54, 1.807) is 0 Å². The van der Waals surface area contributed by atoms with E-state index >= 15 is 0 Å². The van der Waals surface area contributed by atoms with Crippen LogP contribution in [0.2, 0.25) is 5.02 Å². The van der Waals surface area contributed by atoms with Crippen molar-refractivity contribution in [3.8, 4) is 16.9 Å². The van der Waals surface area contributed by atoms with Crippen molar-refractivity contribution in [2.24, 2.45) is 0 Å². The van der Waals surface area contributed by atoms with Crippen molar-refractivity contribution in [1.29, 1.82) is 0 Å². The second kappa shape index (κ2) is 11.1. The number of nitrogens with zero attached hydrogens (tertiary/aromatic N) is 3. The third-order valence-electron chi connectivity index (χ3n) is 6.89. The fourth-order valence-corrected chi connectivity index (χ4v) is 4.92. The van der Waals surface area contributed by atoms with E-state index in [9.17, 15) is 9.59 Å². The van der Waals surface area contributed by atoms with E-state index in [0.29, 0.717) is 43.2 Å². The fourth-order valence-electron chi connectivity index (χ4n) is 4.79. The highest BCUT2D eigenvalue weighted by Gasteiger charge is 2.28. The first-order valence-electron chi connectivity index (χ1n) is 12.5. The molecule has 2 amide bonds. The van der Waals surface area contributed by atoms with Gasteiger partial charge in [0.05, 0.1) is 11.3 Å². The zero-order chi connectivity index (χ0) is 24.9. The summed E-state index contributed by atoms with van der Waals surface area (Å²) >= 11 is 6.14. The average molecular weight is 492 g/mol. The van der Waals surface area contributed by atoms with Gasteiger partial charge in [-0.1, -0.05) is 61.7 Å². The van der Waals surface area contributed by atoms with E-state index in [1.807, 2.05) is 59.2 Å². The summed E-state index contributed by atoms with van der Waals surface area (Å²) in [7, 11) is 0. The predicted molar refractivity (Wildman–Crippen MR) is 142 cm³/mol. The molecule has 0 saturated carbocycles. The average Bonchev–Trinajstić information content (AvgIpc) is 3.21. The van der Waals surface area contributed by atoms with Gasteiger partial charge in [0.15, 0.2) is 0 Å². The summed E-state index contributed by atoms with van der Waals surface area (Å²) in [6.07, 6.45) is 3.73. The highest BCUT2D eigenvalue weighted by Crippen LogP contribution is 2.32. The summed E-state index contributed by atoms with van der Waals surface area (Å²) < 4.78 is 2.17. The van der Waals surface area contributed by atoms with Gasteiger partial charge in [-0.15, -0.1) is 0 Å². The Labute approximate surface area is 213 Å². The van der Waals surface area contributed by atoms with Gasteiger partial charge < -0.3 is 14.4 Å². The summed E-state index contributed by atoms with van der Waals surface area (Å²) in [5.74, 6) is 0.223. The summed E-state index contributed by atoms with van der Waals surface area (Å²) in [6, 6.07) is 17.9. The molecule has 0 radical (unpaired) electrons. The lowest BCUT2D eigenvalue weighted by molar-refractivity contribution is -0.132.